The molecule has 0 radical (unpaired) electrons. The van der Waals surface area contributed by atoms with Crippen LogP contribution in [0.5, 0.6) is 0 Å². The van der Waals surface area contributed by atoms with Crippen LogP contribution >= 0.6 is 0 Å². The van der Waals surface area contributed by atoms with Crippen LogP contribution in [-0.2, 0) is 15.7 Å². The number of halogens is 3. The Balaban J connectivity index is 2.68. The molecule has 2 atom stereocenters. The monoisotopic (exact) mass is 259 g/mol. The van der Waals surface area contributed by atoms with Crippen molar-refractivity contribution in [3.8, 4) is 0 Å². The fraction of sp³-hybridized carbons (Fsp3) is 1.00. The van der Waals surface area contributed by atoms with Crippen molar-refractivity contribution < 1.29 is 22.1 Å². The largest absolute Gasteiger partial charge is 0.405 e. The summed E-state index contributed by atoms with van der Waals surface area (Å²) < 4.78 is 55.9. The van der Waals surface area contributed by atoms with Crippen LogP contribution in [0.3, 0.4) is 0 Å². The number of hydrogen-bond acceptors (Lipinski definition) is 2. The standard InChI is InChI=1S/C9H16F3NO2S/c1-8(2,3)16(14)13-7(9(10,11)12)6-4-15-5-6/h6-7,13H,4-5H2,1-3H3. The van der Waals surface area contributed by atoms with E-state index in [4.69, 9.17) is 4.74 Å². The van der Waals surface area contributed by atoms with Gasteiger partial charge in [-0.05, 0) is 20.8 Å². The van der Waals surface area contributed by atoms with Crippen LogP contribution in [0.4, 0.5) is 13.2 Å². The molecule has 1 heterocycles. The van der Waals surface area contributed by atoms with Gasteiger partial charge in [0.1, 0.15) is 6.04 Å². The zero-order valence-electron chi connectivity index (χ0n) is 9.43. The van der Waals surface area contributed by atoms with Gasteiger partial charge in [-0.3, -0.25) is 0 Å². The minimum atomic E-state index is -4.39. The smallest absolute Gasteiger partial charge is 0.381 e. The highest BCUT2D eigenvalue weighted by molar-refractivity contribution is 7.84. The summed E-state index contributed by atoms with van der Waals surface area (Å²) in [6, 6.07) is -1.75. The first-order valence-corrected chi connectivity index (χ1v) is 6.10. The lowest BCUT2D eigenvalue weighted by Crippen LogP contribution is -2.56. The van der Waals surface area contributed by atoms with E-state index in [0.29, 0.717) is 0 Å². The first kappa shape index (κ1) is 13.9. The maximum atomic E-state index is 12.7. The zero-order valence-corrected chi connectivity index (χ0v) is 10.2. The summed E-state index contributed by atoms with van der Waals surface area (Å²) in [5.41, 5.74) is 0. The van der Waals surface area contributed by atoms with Gasteiger partial charge < -0.3 is 4.74 Å². The predicted molar refractivity (Wildman–Crippen MR) is 55.2 cm³/mol. The Kier molecular flexibility index (Phi) is 4.02. The average Bonchev–Trinajstić information content (AvgIpc) is 1.95. The van der Waals surface area contributed by atoms with Crippen LogP contribution < -0.4 is 4.72 Å². The van der Waals surface area contributed by atoms with Crippen molar-refractivity contribution >= 4 is 11.0 Å². The summed E-state index contributed by atoms with van der Waals surface area (Å²) in [5.74, 6) is -0.633. The van der Waals surface area contributed by atoms with Gasteiger partial charge in [-0.25, -0.2) is 8.93 Å². The van der Waals surface area contributed by atoms with Gasteiger partial charge in [0.15, 0.2) is 0 Å². The lowest BCUT2D eigenvalue weighted by molar-refractivity contribution is -0.191. The number of nitrogens with one attached hydrogen (secondary N) is 1. The highest BCUT2D eigenvalue weighted by Crippen LogP contribution is 2.30. The maximum Gasteiger partial charge on any atom is 0.405 e. The summed E-state index contributed by atoms with van der Waals surface area (Å²) in [4.78, 5) is 0. The van der Waals surface area contributed by atoms with Crippen molar-refractivity contribution in [3.05, 3.63) is 0 Å². The topological polar surface area (TPSA) is 38.3 Å². The van der Waals surface area contributed by atoms with Gasteiger partial charge in [0.25, 0.3) is 0 Å². The minimum Gasteiger partial charge on any atom is -0.381 e. The van der Waals surface area contributed by atoms with Gasteiger partial charge >= 0.3 is 6.18 Å². The minimum absolute atomic E-state index is 0.0680. The molecule has 0 aromatic heterocycles. The lowest BCUT2D eigenvalue weighted by Gasteiger charge is -2.36. The first-order chi connectivity index (χ1) is 7.12. The molecule has 1 fully saturated rings. The molecule has 2 unspecified atom stereocenters. The van der Waals surface area contributed by atoms with E-state index >= 15 is 0 Å². The molecule has 1 aliphatic heterocycles. The van der Waals surface area contributed by atoms with Crippen LogP contribution in [-0.4, -0.2) is 34.4 Å². The number of hydrogen-bond donors (Lipinski definition) is 1. The van der Waals surface area contributed by atoms with Gasteiger partial charge in [-0.15, -0.1) is 0 Å². The summed E-state index contributed by atoms with van der Waals surface area (Å²) in [6.07, 6.45) is -4.39. The molecule has 1 N–H and O–H groups in total. The van der Waals surface area contributed by atoms with Crippen molar-refractivity contribution in [1.29, 1.82) is 0 Å². The van der Waals surface area contributed by atoms with Gasteiger partial charge in [0.2, 0.25) is 0 Å². The van der Waals surface area contributed by atoms with E-state index in [0.717, 1.165) is 0 Å². The number of alkyl halides is 3. The second-order valence-electron chi connectivity index (χ2n) is 4.82. The first-order valence-electron chi connectivity index (χ1n) is 4.95. The summed E-state index contributed by atoms with van der Waals surface area (Å²) in [6.45, 7) is 5.01. The predicted octanol–water partition coefficient (Wildman–Crippen LogP) is 1.62. The van der Waals surface area contributed by atoms with Crippen molar-refractivity contribution in [1.82, 2.24) is 4.72 Å². The quantitative estimate of drug-likeness (QED) is 0.836. The molecule has 96 valence electrons. The Bertz CT molecular complexity index is 271. The third-order valence-electron chi connectivity index (χ3n) is 2.28. The fourth-order valence-corrected chi connectivity index (χ4v) is 2.08. The van der Waals surface area contributed by atoms with Crippen molar-refractivity contribution in [2.75, 3.05) is 13.2 Å². The summed E-state index contributed by atoms with van der Waals surface area (Å²) in [5, 5.41) is 0. The summed E-state index contributed by atoms with van der Waals surface area (Å²) >= 11 is 0. The van der Waals surface area contributed by atoms with Crippen LogP contribution in [0.1, 0.15) is 20.8 Å². The van der Waals surface area contributed by atoms with Gasteiger partial charge in [-0.1, -0.05) is 0 Å². The third kappa shape index (κ3) is 3.43. The molecule has 1 aliphatic rings. The molecule has 0 aromatic rings. The SMILES string of the molecule is CC(C)(C)S(=O)NC(C1COC1)C(F)(F)F. The molecule has 0 aliphatic carbocycles. The molecule has 7 heteroatoms. The molecule has 0 saturated carbocycles. The Labute approximate surface area is 95.3 Å². The highest BCUT2D eigenvalue weighted by Gasteiger charge is 2.48. The van der Waals surface area contributed by atoms with E-state index in [-0.39, 0.29) is 13.2 Å². The van der Waals surface area contributed by atoms with Crippen molar-refractivity contribution in [2.45, 2.75) is 37.7 Å². The van der Waals surface area contributed by atoms with E-state index < -0.39 is 33.9 Å². The highest BCUT2D eigenvalue weighted by atomic mass is 32.2. The van der Waals surface area contributed by atoms with E-state index in [1.54, 1.807) is 20.8 Å². The van der Waals surface area contributed by atoms with E-state index in [9.17, 15) is 17.4 Å². The molecule has 0 aromatic carbocycles. The van der Waals surface area contributed by atoms with Crippen molar-refractivity contribution in [2.24, 2.45) is 5.92 Å². The zero-order chi connectivity index (χ0) is 12.6. The number of ether oxygens (including phenoxy) is 1. The van der Waals surface area contributed by atoms with E-state index in [2.05, 4.69) is 4.72 Å². The van der Waals surface area contributed by atoms with E-state index in [1.807, 2.05) is 0 Å². The lowest BCUT2D eigenvalue weighted by atomic mass is 9.99. The molecule has 1 saturated heterocycles. The molecule has 1 rings (SSSR count). The van der Waals surface area contributed by atoms with Gasteiger partial charge in [-0.2, -0.15) is 13.2 Å². The summed E-state index contributed by atoms with van der Waals surface area (Å²) in [7, 11) is -1.73. The van der Waals surface area contributed by atoms with Gasteiger partial charge in [0, 0.05) is 5.92 Å². The van der Waals surface area contributed by atoms with Crippen LogP contribution in [0, 0.1) is 5.92 Å². The molecule has 0 bridgehead atoms. The van der Waals surface area contributed by atoms with Crippen LogP contribution in [0.2, 0.25) is 0 Å². The third-order valence-corrected chi connectivity index (χ3v) is 3.86. The maximum absolute atomic E-state index is 12.7. The molecular weight excluding hydrogens is 243 g/mol. The Morgan fingerprint density at radius 1 is 1.31 bits per heavy atom. The van der Waals surface area contributed by atoms with Crippen LogP contribution in [0.15, 0.2) is 0 Å². The van der Waals surface area contributed by atoms with Crippen molar-refractivity contribution in [3.63, 3.8) is 0 Å². The Morgan fingerprint density at radius 2 is 1.81 bits per heavy atom. The molecule has 3 nitrogen and oxygen atoms in total. The number of rotatable bonds is 3. The average molecular weight is 259 g/mol. The second kappa shape index (κ2) is 4.62. The molecule has 0 spiro atoms. The van der Waals surface area contributed by atoms with E-state index in [1.165, 1.54) is 0 Å². The van der Waals surface area contributed by atoms with Gasteiger partial charge in [0.05, 0.1) is 28.9 Å². The normalized spacial score (nSPS) is 22.6. The fourth-order valence-electron chi connectivity index (χ4n) is 1.17. The Hall–Kier alpha value is -0.140. The Morgan fingerprint density at radius 3 is 2.06 bits per heavy atom. The molecular formula is C9H16F3NO2S. The molecule has 16 heavy (non-hydrogen) atoms. The second-order valence-corrected chi connectivity index (χ2v) is 6.81. The molecule has 0 amide bonds. The van der Waals surface area contributed by atoms with Crippen LogP contribution in [0.25, 0.3) is 0 Å².